The summed E-state index contributed by atoms with van der Waals surface area (Å²) in [6.45, 7) is 7.93. The molecule has 2 aromatic rings. The fraction of sp³-hybridized carbons (Fsp3) is 0.588. The smallest absolute Gasteiger partial charge is 0.132 e. The largest absolute Gasteiger partial charge is 0.352 e. The lowest BCUT2D eigenvalue weighted by atomic mass is 9.96. The number of hydrogen-bond acceptors (Lipinski definition) is 5. The van der Waals surface area contributed by atoms with Crippen LogP contribution in [0.5, 0.6) is 0 Å². The maximum Gasteiger partial charge on any atom is 0.132 e. The molecule has 1 aliphatic rings. The van der Waals surface area contributed by atoms with Gasteiger partial charge in [0.05, 0.1) is 12.2 Å². The van der Waals surface area contributed by atoms with Crippen molar-refractivity contribution in [3.63, 3.8) is 0 Å². The molecule has 0 unspecified atom stereocenters. The van der Waals surface area contributed by atoms with Crippen molar-refractivity contribution in [2.75, 3.05) is 25.0 Å². The van der Waals surface area contributed by atoms with Crippen LogP contribution in [-0.4, -0.2) is 39.7 Å². The van der Waals surface area contributed by atoms with Crippen LogP contribution >= 0.6 is 0 Å². The van der Waals surface area contributed by atoms with Gasteiger partial charge in [-0.25, -0.2) is 15.0 Å². The van der Waals surface area contributed by atoms with Crippen LogP contribution in [0.4, 0.5) is 5.82 Å². The third kappa shape index (κ3) is 3.69. The minimum Gasteiger partial charge on any atom is -0.352 e. The zero-order valence-electron chi connectivity index (χ0n) is 14.3. The van der Waals surface area contributed by atoms with Gasteiger partial charge in [0.1, 0.15) is 17.5 Å². The summed E-state index contributed by atoms with van der Waals surface area (Å²) >= 11 is 0. The third-order valence-corrected chi connectivity index (χ3v) is 4.47. The van der Waals surface area contributed by atoms with Crippen LogP contribution in [0.25, 0.3) is 0 Å². The molecular formula is C17H26N6. The highest BCUT2D eigenvalue weighted by Crippen LogP contribution is 2.24. The highest BCUT2D eigenvalue weighted by molar-refractivity contribution is 5.40. The molecule has 1 fully saturated rings. The molecule has 1 N–H and O–H groups in total. The average molecular weight is 314 g/mol. The highest BCUT2D eigenvalue weighted by atomic mass is 15.2. The van der Waals surface area contributed by atoms with Crippen molar-refractivity contribution in [1.82, 2.24) is 24.8 Å². The summed E-state index contributed by atoms with van der Waals surface area (Å²) in [6, 6.07) is 2.14. The van der Waals surface area contributed by atoms with E-state index in [0.717, 1.165) is 49.3 Å². The summed E-state index contributed by atoms with van der Waals surface area (Å²) < 4.78 is 2.16. The Bertz CT molecular complexity index is 644. The Morgan fingerprint density at radius 1 is 1.39 bits per heavy atom. The van der Waals surface area contributed by atoms with Gasteiger partial charge in [-0.3, -0.25) is 0 Å². The van der Waals surface area contributed by atoms with E-state index >= 15 is 0 Å². The Balaban J connectivity index is 1.79. The normalized spacial score (nSPS) is 18.1. The first kappa shape index (κ1) is 15.9. The second-order valence-corrected chi connectivity index (χ2v) is 6.23. The number of imidazole rings is 1. The van der Waals surface area contributed by atoms with Gasteiger partial charge in [0.25, 0.3) is 0 Å². The molecular weight excluding hydrogens is 288 g/mol. The SMILES string of the molecule is CCn1ccnc1CN(C)c1cc([C@@H]2CCCNC2)nc(C)n1. The van der Waals surface area contributed by atoms with E-state index in [0.29, 0.717) is 5.92 Å². The minimum atomic E-state index is 0.496. The Morgan fingerprint density at radius 3 is 3.00 bits per heavy atom. The fourth-order valence-corrected chi connectivity index (χ4v) is 3.16. The number of rotatable bonds is 5. The van der Waals surface area contributed by atoms with Crippen LogP contribution in [0.1, 0.15) is 43.0 Å². The third-order valence-electron chi connectivity index (χ3n) is 4.47. The summed E-state index contributed by atoms with van der Waals surface area (Å²) in [4.78, 5) is 15.9. The van der Waals surface area contributed by atoms with E-state index in [1.54, 1.807) is 0 Å². The Kier molecular flexibility index (Phi) is 4.91. The van der Waals surface area contributed by atoms with Gasteiger partial charge < -0.3 is 14.8 Å². The number of hydrogen-bond donors (Lipinski definition) is 1. The number of nitrogens with one attached hydrogen (secondary N) is 1. The monoisotopic (exact) mass is 314 g/mol. The van der Waals surface area contributed by atoms with E-state index in [4.69, 9.17) is 0 Å². The van der Waals surface area contributed by atoms with Gasteiger partial charge in [-0.05, 0) is 33.2 Å². The molecule has 0 radical (unpaired) electrons. The van der Waals surface area contributed by atoms with E-state index in [9.17, 15) is 0 Å². The molecule has 0 aromatic carbocycles. The molecule has 124 valence electrons. The predicted molar refractivity (Wildman–Crippen MR) is 91.6 cm³/mol. The van der Waals surface area contributed by atoms with Gasteiger partial charge in [-0.15, -0.1) is 0 Å². The molecule has 0 bridgehead atoms. The van der Waals surface area contributed by atoms with E-state index in [1.165, 1.54) is 12.8 Å². The standard InChI is InChI=1S/C17H26N6/c1-4-23-9-8-19-17(23)12-22(3)16-10-15(20-13(2)21-16)14-6-5-7-18-11-14/h8-10,14,18H,4-7,11-12H2,1-3H3/t14-/m1/s1. The van der Waals surface area contributed by atoms with Crippen LogP contribution < -0.4 is 10.2 Å². The molecule has 6 heteroatoms. The zero-order chi connectivity index (χ0) is 16.2. The van der Waals surface area contributed by atoms with E-state index in [1.807, 2.05) is 19.3 Å². The summed E-state index contributed by atoms with van der Waals surface area (Å²) in [6.07, 6.45) is 6.30. The van der Waals surface area contributed by atoms with Crippen LogP contribution in [-0.2, 0) is 13.1 Å². The second kappa shape index (κ2) is 7.08. The summed E-state index contributed by atoms with van der Waals surface area (Å²) in [5, 5.41) is 3.47. The lowest BCUT2D eigenvalue weighted by Gasteiger charge is -2.24. The molecule has 3 heterocycles. The summed E-state index contributed by atoms with van der Waals surface area (Å²) in [5.41, 5.74) is 1.16. The van der Waals surface area contributed by atoms with Gasteiger partial charge in [0, 0.05) is 44.5 Å². The minimum absolute atomic E-state index is 0.496. The molecule has 6 nitrogen and oxygen atoms in total. The summed E-state index contributed by atoms with van der Waals surface area (Å²) in [7, 11) is 2.07. The Labute approximate surface area is 138 Å². The molecule has 0 aliphatic carbocycles. The molecule has 0 saturated carbocycles. The van der Waals surface area contributed by atoms with E-state index < -0.39 is 0 Å². The lowest BCUT2D eigenvalue weighted by molar-refractivity contribution is 0.453. The van der Waals surface area contributed by atoms with E-state index in [2.05, 4.69) is 49.8 Å². The first-order chi connectivity index (χ1) is 11.2. The molecule has 1 saturated heterocycles. The Hall–Kier alpha value is -1.95. The van der Waals surface area contributed by atoms with Crippen LogP contribution in [0, 0.1) is 6.92 Å². The highest BCUT2D eigenvalue weighted by Gasteiger charge is 2.19. The molecule has 1 aliphatic heterocycles. The lowest BCUT2D eigenvalue weighted by Crippen LogP contribution is -2.29. The van der Waals surface area contributed by atoms with Crippen LogP contribution in [0.3, 0.4) is 0 Å². The van der Waals surface area contributed by atoms with Crippen LogP contribution in [0.15, 0.2) is 18.5 Å². The second-order valence-electron chi connectivity index (χ2n) is 6.23. The molecule has 23 heavy (non-hydrogen) atoms. The van der Waals surface area contributed by atoms with Gasteiger partial charge in [-0.2, -0.15) is 0 Å². The van der Waals surface area contributed by atoms with Crippen molar-refractivity contribution in [2.45, 2.75) is 45.7 Å². The van der Waals surface area contributed by atoms with Gasteiger partial charge in [-0.1, -0.05) is 0 Å². The number of aromatic nitrogens is 4. The van der Waals surface area contributed by atoms with Gasteiger partial charge >= 0.3 is 0 Å². The number of anilines is 1. The fourth-order valence-electron chi connectivity index (χ4n) is 3.16. The number of piperidine rings is 1. The first-order valence-electron chi connectivity index (χ1n) is 8.44. The molecule has 2 aromatic heterocycles. The van der Waals surface area contributed by atoms with Crippen molar-refractivity contribution in [1.29, 1.82) is 0 Å². The van der Waals surface area contributed by atoms with Gasteiger partial charge in [0.15, 0.2) is 0 Å². The zero-order valence-corrected chi connectivity index (χ0v) is 14.3. The molecule has 0 spiro atoms. The topological polar surface area (TPSA) is 58.9 Å². The quantitative estimate of drug-likeness (QED) is 0.916. The molecule has 1 atom stereocenters. The van der Waals surface area contributed by atoms with Crippen molar-refractivity contribution in [3.8, 4) is 0 Å². The molecule has 3 rings (SSSR count). The van der Waals surface area contributed by atoms with Gasteiger partial charge in [0.2, 0.25) is 0 Å². The van der Waals surface area contributed by atoms with Crippen LogP contribution in [0.2, 0.25) is 0 Å². The van der Waals surface area contributed by atoms with Crippen molar-refractivity contribution in [2.24, 2.45) is 0 Å². The van der Waals surface area contributed by atoms with Crippen molar-refractivity contribution >= 4 is 5.82 Å². The number of aryl methyl sites for hydroxylation is 2. The maximum absolute atomic E-state index is 4.67. The number of nitrogens with zero attached hydrogens (tertiary/aromatic N) is 5. The van der Waals surface area contributed by atoms with Crippen molar-refractivity contribution < 1.29 is 0 Å². The predicted octanol–water partition coefficient (Wildman–Crippen LogP) is 2.10. The average Bonchev–Trinajstić information content (AvgIpc) is 3.02. The van der Waals surface area contributed by atoms with Crippen molar-refractivity contribution in [3.05, 3.63) is 35.8 Å². The van der Waals surface area contributed by atoms with E-state index in [-0.39, 0.29) is 0 Å². The Morgan fingerprint density at radius 2 is 2.26 bits per heavy atom. The first-order valence-corrected chi connectivity index (χ1v) is 8.44. The molecule has 0 amide bonds. The maximum atomic E-state index is 4.67. The summed E-state index contributed by atoms with van der Waals surface area (Å²) in [5.74, 6) is 3.37.